The summed E-state index contributed by atoms with van der Waals surface area (Å²) < 4.78 is 5.29. The molecule has 0 aliphatic carbocycles. The van der Waals surface area contributed by atoms with Gasteiger partial charge < -0.3 is 14.7 Å². The topological polar surface area (TPSA) is 49.8 Å². The maximum absolute atomic E-state index is 12.5. The molecule has 0 bridgehead atoms. The van der Waals surface area contributed by atoms with Gasteiger partial charge in [-0.1, -0.05) is 30.3 Å². The highest BCUT2D eigenvalue weighted by atomic mass is 16.5. The number of hydrogen-bond donors (Lipinski definition) is 1. The Kier molecular flexibility index (Phi) is 4.11. The molecule has 2 aromatic carbocycles. The van der Waals surface area contributed by atoms with Crippen molar-refractivity contribution in [3.8, 4) is 5.75 Å². The Labute approximate surface area is 130 Å². The smallest absolute Gasteiger partial charge is 0.228 e. The maximum Gasteiger partial charge on any atom is 0.228 e. The van der Waals surface area contributed by atoms with Gasteiger partial charge in [-0.2, -0.15) is 0 Å². The first-order chi connectivity index (χ1) is 10.7. The molecule has 0 aromatic heterocycles. The van der Waals surface area contributed by atoms with Gasteiger partial charge in [0.1, 0.15) is 5.75 Å². The van der Waals surface area contributed by atoms with Gasteiger partial charge in [0.15, 0.2) is 0 Å². The first-order valence-electron chi connectivity index (χ1n) is 7.36. The molecule has 4 nitrogen and oxygen atoms in total. The van der Waals surface area contributed by atoms with Crippen molar-refractivity contribution in [2.24, 2.45) is 5.92 Å². The molecule has 1 N–H and O–H groups in total. The summed E-state index contributed by atoms with van der Waals surface area (Å²) >= 11 is 0. The van der Waals surface area contributed by atoms with Crippen LogP contribution in [0.1, 0.15) is 18.0 Å². The van der Waals surface area contributed by atoms with Crippen molar-refractivity contribution in [2.45, 2.75) is 12.5 Å². The molecule has 4 heteroatoms. The molecule has 1 saturated heterocycles. The average Bonchev–Trinajstić information content (AvgIpc) is 2.92. The van der Waals surface area contributed by atoms with Crippen molar-refractivity contribution in [3.63, 3.8) is 0 Å². The van der Waals surface area contributed by atoms with Crippen LogP contribution in [0.15, 0.2) is 54.6 Å². The van der Waals surface area contributed by atoms with Gasteiger partial charge in [-0.25, -0.2) is 0 Å². The molecular weight excluding hydrogens is 278 g/mol. The SMILES string of the molecule is COc1cccc(C2C(CO)CC(=O)N2c2ccccc2)c1. The van der Waals surface area contributed by atoms with Crippen LogP contribution in [0, 0.1) is 5.92 Å². The number of carbonyl (C=O) groups is 1. The molecule has 0 radical (unpaired) electrons. The Morgan fingerprint density at radius 1 is 1.18 bits per heavy atom. The largest absolute Gasteiger partial charge is 0.497 e. The first-order valence-corrected chi connectivity index (χ1v) is 7.36. The molecule has 1 fully saturated rings. The molecule has 1 heterocycles. The molecule has 2 unspecified atom stereocenters. The van der Waals surface area contributed by atoms with Crippen molar-refractivity contribution >= 4 is 11.6 Å². The zero-order chi connectivity index (χ0) is 15.5. The van der Waals surface area contributed by atoms with E-state index in [1.807, 2.05) is 54.6 Å². The molecule has 2 aromatic rings. The van der Waals surface area contributed by atoms with Crippen LogP contribution in [0.3, 0.4) is 0 Å². The van der Waals surface area contributed by atoms with Crippen LogP contribution < -0.4 is 9.64 Å². The summed E-state index contributed by atoms with van der Waals surface area (Å²) in [5, 5.41) is 9.70. The van der Waals surface area contributed by atoms with Crippen molar-refractivity contribution in [3.05, 3.63) is 60.2 Å². The quantitative estimate of drug-likeness (QED) is 0.944. The normalized spacial score (nSPS) is 21.2. The number of benzene rings is 2. The van der Waals surface area contributed by atoms with Crippen LogP contribution in [-0.4, -0.2) is 24.7 Å². The predicted molar refractivity (Wildman–Crippen MR) is 84.9 cm³/mol. The Balaban J connectivity index is 2.05. The van der Waals surface area contributed by atoms with Gasteiger partial charge in [-0.3, -0.25) is 4.79 Å². The van der Waals surface area contributed by atoms with E-state index in [9.17, 15) is 9.90 Å². The van der Waals surface area contributed by atoms with Crippen LogP contribution >= 0.6 is 0 Å². The van der Waals surface area contributed by atoms with E-state index < -0.39 is 0 Å². The fourth-order valence-corrected chi connectivity index (χ4v) is 3.10. The summed E-state index contributed by atoms with van der Waals surface area (Å²) in [5.74, 6) is 0.680. The van der Waals surface area contributed by atoms with Crippen molar-refractivity contribution in [2.75, 3.05) is 18.6 Å². The number of aliphatic hydroxyl groups is 1. The lowest BCUT2D eigenvalue weighted by Gasteiger charge is -2.28. The number of carbonyl (C=O) groups excluding carboxylic acids is 1. The summed E-state index contributed by atoms with van der Waals surface area (Å²) in [6.45, 7) is -0.0169. The lowest BCUT2D eigenvalue weighted by molar-refractivity contribution is -0.117. The van der Waals surface area contributed by atoms with Crippen molar-refractivity contribution in [1.82, 2.24) is 0 Å². The second-order valence-corrected chi connectivity index (χ2v) is 5.47. The number of hydrogen-bond acceptors (Lipinski definition) is 3. The molecule has 1 aliphatic heterocycles. The van der Waals surface area contributed by atoms with Crippen LogP contribution in [-0.2, 0) is 4.79 Å². The van der Waals surface area contributed by atoms with E-state index in [1.165, 1.54) is 0 Å². The number of amides is 1. The third kappa shape index (κ3) is 2.57. The number of ether oxygens (including phenoxy) is 1. The zero-order valence-electron chi connectivity index (χ0n) is 12.5. The maximum atomic E-state index is 12.5. The summed E-state index contributed by atoms with van der Waals surface area (Å²) in [6, 6.07) is 17.1. The molecule has 3 rings (SSSR count). The minimum absolute atomic E-state index is 0.0169. The summed E-state index contributed by atoms with van der Waals surface area (Å²) in [4.78, 5) is 14.3. The van der Waals surface area contributed by atoms with Gasteiger partial charge in [0.25, 0.3) is 0 Å². The number of methoxy groups -OCH3 is 1. The minimum atomic E-state index is -0.171. The zero-order valence-corrected chi connectivity index (χ0v) is 12.5. The van der Waals surface area contributed by atoms with E-state index in [0.29, 0.717) is 6.42 Å². The third-order valence-corrected chi connectivity index (χ3v) is 4.13. The van der Waals surface area contributed by atoms with Crippen molar-refractivity contribution in [1.29, 1.82) is 0 Å². The number of rotatable bonds is 4. The monoisotopic (exact) mass is 297 g/mol. The molecular formula is C18H19NO3. The number of anilines is 1. The highest BCUT2D eigenvalue weighted by Crippen LogP contribution is 2.41. The van der Waals surface area contributed by atoms with Crippen molar-refractivity contribution < 1.29 is 14.6 Å². The minimum Gasteiger partial charge on any atom is -0.497 e. The lowest BCUT2D eigenvalue weighted by Crippen LogP contribution is -2.29. The molecule has 1 aliphatic rings. The predicted octanol–water partition coefficient (Wildman–Crippen LogP) is 2.78. The van der Waals surface area contributed by atoms with Gasteiger partial charge >= 0.3 is 0 Å². The number of para-hydroxylation sites is 1. The standard InChI is InChI=1S/C18H19NO3/c1-22-16-9-5-6-13(10-16)18-14(12-20)11-17(21)19(18)15-7-3-2-4-8-15/h2-10,14,18,20H,11-12H2,1H3. The first kappa shape index (κ1) is 14.6. The fourth-order valence-electron chi connectivity index (χ4n) is 3.10. The van der Waals surface area contributed by atoms with Crippen LogP contribution in [0.2, 0.25) is 0 Å². The van der Waals surface area contributed by atoms with Gasteiger partial charge in [0.05, 0.1) is 13.2 Å². The number of aliphatic hydroxyl groups excluding tert-OH is 1. The Morgan fingerprint density at radius 3 is 2.64 bits per heavy atom. The Bertz CT molecular complexity index is 656. The molecule has 1 amide bonds. The van der Waals surface area contributed by atoms with Gasteiger partial charge in [-0.05, 0) is 29.8 Å². The van der Waals surface area contributed by atoms with Crippen LogP contribution in [0.25, 0.3) is 0 Å². The number of nitrogens with zero attached hydrogens (tertiary/aromatic N) is 1. The average molecular weight is 297 g/mol. The summed E-state index contributed by atoms with van der Waals surface area (Å²) in [6.07, 6.45) is 0.354. The third-order valence-electron chi connectivity index (χ3n) is 4.13. The molecule has 22 heavy (non-hydrogen) atoms. The van der Waals surface area contributed by atoms with E-state index in [1.54, 1.807) is 12.0 Å². The van der Waals surface area contributed by atoms with E-state index in [4.69, 9.17) is 4.74 Å². The van der Waals surface area contributed by atoms with E-state index in [-0.39, 0.29) is 24.5 Å². The van der Waals surface area contributed by atoms with E-state index in [0.717, 1.165) is 17.0 Å². The molecule has 2 atom stereocenters. The Morgan fingerprint density at radius 2 is 1.95 bits per heavy atom. The summed E-state index contributed by atoms with van der Waals surface area (Å²) in [7, 11) is 1.62. The highest BCUT2D eigenvalue weighted by Gasteiger charge is 2.41. The second kappa shape index (κ2) is 6.20. The van der Waals surface area contributed by atoms with E-state index >= 15 is 0 Å². The fraction of sp³-hybridized carbons (Fsp3) is 0.278. The van der Waals surface area contributed by atoms with Gasteiger partial charge in [-0.15, -0.1) is 0 Å². The van der Waals surface area contributed by atoms with Crippen LogP contribution in [0.4, 0.5) is 5.69 Å². The Hall–Kier alpha value is -2.33. The lowest BCUT2D eigenvalue weighted by atomic mass is 9.94. The van der Waals surface area contributed by atoms with Gasteiger partial charge in [0.2, 0.25) is 5.91 Å². The van der Waals surface area contributed by atoms with E-state index in [2.05, 4.69) is 0 Å². The second-order valence-electron chi connectivity index (χ2n) is 5.47. The summed E-state index contributed by atoms with van der Waals surface area (Å²) in [5.41, 5.74) is 1.84. The molecule has 114 valence electrons. The van der Waals surface area contributed by atoms with Gasteiger partial charge in [0, 0.05) is 24.6 Å². The van der Waals surface area contributed by atoms with Crippen LogP contribution in [0.5, 0.6) is 5.75 Å². The highest BCUT2D eigenvalue weighted by molar-refractivity contribution is 5.96. The molecule has 0 spiro atoms. The molecule has 0 saturated carbocycles.